The molecule has 39 heavy (non-hydrogen) atoms. The Hall–Kier alpha value is -3.65. The van der Waals surface area contributed by atoms with Crippen molar-refractivity contribution in [2.75, 3.05) is 20.1 Å². The maximum absolute atomic E-state index is 13.1. The number of carbonyl (C=O) groups excluding carboxylic acids is 1. The highest BCUT2D eigenvalue weighted by Crippen LogP contribution is 2.18. The number of nitrogens with two attached hydrogens (primary N) is 1. The van der Waals surface area contributed by atoms with Gasteiger partial charge in [-0.3, -0.25) is 14.2 Å². The second-order valence-electron chi connectivity index (χ2n) is 9.47. The van der Waals surface area contributed by atoms with Crippen molar-refractivity contribution in [3.63, 3.8) is 0 Å². The molecule has 1 atom stereocenters. The number of nitriles is 1. The number of rotatable bonds is 5. The van der Waals surface area contributed by atoms with E-state index in [1.54, 1.807) is 22.9 Å². The summed E-state index contributed by atoms with van der Waals surface area (Å²) < 4.78 is 2.97. The molecule has 4 aromatic rings. The zero-order chi connectivity index (χ0) is 28.5. The van der Waals surface area contributed by atoms with Crippen LogP contribution in [0.1, 0.15) is 58.9 Å². The van der Waals surface area contributed by atoms with E-state index in [4.69, 9.17) is 5.73 Å². The van der Waals surface area contributed by atoms with Gasteiger partial charge in [0.25, 0.3) is 5.56 Å². The first kappa shape index (κ1) is 29.9. The second kappa shape index (κ2) is 13.9. The van der Waals surface area contributed by atoms with Gasteiger partial charge in [0.2, 0.25) is 0 Å². The molecule has 5 rings (SSSR count). The molecule has 2 N–H and O–H groups in total. The number of carbonyl (C=O) groups is 1. The third kappa shape index (κ3) is 7.69. The van der Waals surface area contributed by atoms with Gasteiger partial charge in [-0.1, -0.05) is 37.6 Å². The van der Waals surface area contributed by atoms with Crippen LogP contribution in [-0.4, -0.2) is 56.0 Å². The maximum Gasteiger partial charge on any atom is 0.278 e. The SMILES string of the molecule is CC.CN1CCCC(N)C1.Cc1cccc(C(=O)Cn2cnc3c(C#N)cn(Cc4csc(C)n4)c3c2=O)c1. The monoisotopic (exact) mass is 547 g/mol. The van der Waals surface area contributed by atoms with Crippen LogP contribution in [-0.2, 0) is 13.1 Å². The van der Waals surface area contributed by atoms with Gasteiger partial charge in [0.1, 0.15) is 17.1 Å². The summed E-state index contributed by atoms with van der Waals surface area (Å²) in [5, 5.41) is 12.3. The number of Topliss-reactive ketones (excluding diaryl/α,β-unsaturated/α-hetero) is 1. The Morgan fingerprint density at radius 3 is 2.62 bits per heavy atom. The van der Waals surface area contributed by atoms with Crippen molar-refractivity contribution in [2.24, 2.45) is 5.73 Å². The number of hydrogen-bond acceptors (Lipinski definition) is 8. The summed E-state index contributed by atoms with van der Waals surface area (Å²) in [6.45, 7) is 10.4. The van der Waals surface area contributed by atoms with E-state index in [0.717, 1.165) is 22.8 Å². The lowest BCUT2D eigenvalue weighted by molar-refractivity contribution is 0.0970. The van der Waals surface area contributed by atoms with Crippen LogP contribution in [0.3, 0.4) is 0 Å². The van der Waals surface area contributed by atoms with Crippen LogP contribution < -0.4 is 11.3 Å². The first-order valence-corrected chi connectivity index (χ1v) is 14.1. The molecule has 1 fully saturated rings. The number of nitrogens with zero attached hydrogens (tertiary/aromatic N) is 6. The van der Waals surface area contributed by atoms with Crippen molar-refractivity contribution >= 4 is 28.2 Å². The zero-order valence-electron chi connectivity index (χ0n) is 23.3. The second-order valence-corrected chi connectivity index (χ2v) is 10.5. The van der Waals surface area contributed by atoms with Crippen LogP contribution in [0.2, 0.25) is 0 Å². The van der Waals surface area contributed by atoms with Crippen molar-refractivity contribution in [1.29, 1.82) is 5.26 Å². The molecule has 206 valence electrons. The van der Waals surface area contributed by atoms with E-state index in [1.165, 1.54) is 41.6 Å². The molecule has 0 saturated carbocycles. The van der Waals surface area contributed by atoms with Crippen molar-refractivity contribution in [3.05, 3.63) is 79.9 Å². The Balaban J connectivity index is 0.000000357. The van der Waals surface area contributed by atoms with Crippen LogP contribution in [0, 0.1) is 25.2 Å². The number of hydrogen-bond donors (Lipinski definition) is 1. The minimum Gasteiger partial charge on any atom is -0.334 e. The normalized spacial score (nSPS) is 15.1. The Bertz CT molecular complexity index is 1500. The molecule has 0 spiro atoms. The number of piperidine rings is 1. The average Bonchev–Trinajstić information content (AvgIpc) is 3.50. The predicted octanol–water partition coefficient (Wildman–Crippen LogP) is 4.14. The van der Waals surface area contributed by atoms with E-state index in [9.17, 15) is 14.9 Å². The molecule has 0 radical (unpaired) electrons. The summed E-state index contributed by atoms with van der Waals surface area (Å²) in [6.07, 6.45) is 5.43. The fraction of sp³-hybridized carbons (Fsp3) is 0.414. The highest BCUT2D eigenvalue weighted by atomic mass is 32.1. The highest BCUT2D eigenvalue weighted by Gasteiger charge is 2.18. The lowest BCUT2D eigenvalue weighted by Gasteiger charge is -2.26. The molecule has 1 unspecified atom stereocenters. The topological polar surface area (TPSA) is 123 Å². The molecule has 3 aromatic heterocycles. The van der Waals surface area contributed by atoms with Gasteiger partial charge in [0.15, 0.2) is 5.78 Å². The third-order valence-electron chi connectivity index (χ3n) is 6.28. The number of likely N-dealkylation sites (tertiary alicyclic amines) is 1. The molecule has 0 amide bonds. The highest BCUT2D eigenvalue weighted by molar-refractivity contribution is 7.09. The molecule has 1 aliphatic rings. The summed E-state index contributed by atoms with van der Waals surface area (Å²) in [4.78, 5) is 36.8. The molecule has 1 aliphatic heterocycles. The number of thiazole rings is 1. The van der Waals surface area contributed by atoms with Crippen LogP contribution in [0.25, 0.3) is 11.0 Å². The van der Waals surface area contributed by atoms with Gasteiger partial charge in [-0.05, 0) is 46.3 Å². The van der Waals surface area contributed by atoms with E-state index in [0.29, 0.717) is 34.7 Å². The van der Waals surface area contributed by atoms with E-state index in [1.807, 2.05) is 45.2 Å². The van der Waals surface area contributed by atoms with Crippen LogP contribution in [0.5, 0.6) is 0 Å². The Morgan fingerprint density at radius 2 is 2.03 bits per heavy atom. The van der Waals surface area contributed by atoms with Gasteiger partial charge in [-0.25, -0.2) is 9.97 Å². The minimum atomic E-state index is -0.357. The Labute approximate surface area is 233 Å². The molecule has 0 aliphatic carbocycles. The van der Waals surface area contributed by atoms with Crippen molar-refractivity contribution < 1.29 is 4.79 Å². The van der Waals surface area contributed by atoms with Gasteiger partial charge >= 0.3 is 0 Å². The summed E-state index contributed by atoms with van der Waals surface area (Å²) in [5.74, 6) is -0.175. The number of ketones is 1. The number of likely N-dealkylation sites (N-methyl/N-ethyl adjacent to an activating group) is 1. The lowest BCUT2D eigenvalue weighted by Crippen LogP contribution is -2.40. The molecule has 1 saturated heterocycles. The maximum atomic E-state index is 13.1. The molecular weight excluding hydrogens is 510 g/mol. The summed E-state index contributed by atoms with van der Waals surface area (Å²) in [6, 6.07) is 9.77. The van der Waals surface area contributed by atoms with Crippen molar-refractivity contribution in [3.8, 4) is 6.07 Å². The Kier molecular flexibility index (Phi) is 10.7. The third-order valence-corrected chi connectivity index (χ3v) is 7.10. The zero-order valence-corrected chi connectivity index (χ0v) is 24.2. The van der Waals surface area contributed by atoms with Crippen molar-refractivity contribution in [1.82, 2.24) is 24.0 Å². The Morgan fingerprint density at radius 1 is 1.26 bits per heavy atom. The van der Waals surface area contributed by atoms with Gasteiger partial charge in [0.05, 0.1) is 35.7 Å². The van der Waals surface area contributed by atoms with Crippen LogP contribution in [0.15, 0.2) is 47.0 Å². The molecule has 4 heterocycles. The predicted molar refractivity (Wildman–Crippen MR) is 156 cm³/mol. The fourth-order valence-electron chi connectivity index (χ4n) is 4.46. The average molecular weight is 548 g/mol. The first-order chi connectivity index (χ1) is 18.7. The standard InChI is InChI=1S/C21H17N5O2S.C6H14N2.C2H6/c1-13-4-3-5-15(6-13)18(27)10-26-12-23-19-16(7-22)8-25(20(19)21(26)28)9-17-11-29-14(2)24-17;1-8-4-2-3-6(7)5-8;1-2/h3-6,8,11-12H,9-10H2,1-2H3;6H,2-5,7H2,1H3;1-2H3. The van der Waals surface area contributed by atoms with E-state index < -0.39 is 0 Å². The largest absolute Gasteiger partial charge is 0.334 e. The number of fused-ring (bicyclic) bond motifs is 1. The molecular formula is C29H37N7O2S. The van der Waals surface area contributed by atoms with Gasteiger partial charge < -0.3 is 15.2 Å². The lowest BCUT2D eigenvalue weighted by atomic mass is 10.1. The van der Waals surface area contributed by atoms with Crippen molar-refractivity contribution in [2.45, 2.75) is 59.7 Å². The smallest absolute Gasteiger partial charge is 0.278 e. The van der Waals surface area contributed by atoms with Gasteiger partial charge in [0, 0.05) is 29.7 Å². The van der Waals surface area contributed by atoms with E-state index in [-0.39, 0.29) is 17.9 Å². The van der Waals surface area contributed by atoms with Gasteiger partial charge in [-0.15, -0.1) is 11.3 Å². The molecule has 9 nitrogen and oxygen atoms in total. The molecule has 0 bridgehead atoms. The van der Waals surface area contributed by atoms with E-state index >= 15 is 0 Å². The number of aryl methyl sites for hydroxylation is 2. The van der Waals surface area contributed by atoms with Crippen LogP contribution >= 0.6 is 11.3 Å². The molecule has 10 heteroatoms. The summed E-state index contributed by atoms with van der Waals surface area (Å²) in [7, 11) is 2.12. The summed E-state index contributed by atoms with van der Waals surface area (Å²) >= 11 is 1.52. The number of aromatic nitrogens is 4. The fourth-order valence-corrected chi connectivity index (χ4v) is 5.06. The van der Waals surface area contributed by atoms with Gasteiger partial charge in [-0.2, -0.15) is 5.26 Å². The molecule has 1 aromatic carbocycles. The van der Waals surface area contributed by atoms with Crippen LogP contribution in [0.4, 0.5) is 0 Å². The van der Waals surface area contributed by atoms with E-state index in [2.05, 4.69) is 28.0 Å². The quantitative estimate of drug-likeness (QED) is 0.373. The first-order valence-electron chi connectivity index (χ1n) is 13.2. The summed E-state index contributed by atoms with van der Waals surface area (Å²) in [5.41, 5.74) is 8.61. The minimum absolute atomic E-state index is 0.117. The number of benzene rings is 1.